The SMILES string of the molecule is CCOC(=O)C1=C(C(F)(F)F)N=c2s/c(=C\c3ccc(C)cc3)c(=O)n2[C@@H]1c1ccc(Cl)cc1. The number of hydrogen-bond donors (Lipinski definition) is 0. The van der Waals surface area contributed by atoms with E-state index >= 15 is 0 Å². The Balaban J connectivity index is 2.04. The number of thiazole rings is 1. The Bertz CT molecular complexity index is 1450. The Morgan fingerprint density at radius 1 is 1.18 bits per heavy atom. The van der Waals surface area contributed by atoms with E-state index in [1.165, 1.54) is 31.2 Å². The van der Waals surface area contributed by atoms with Gasteiger partial charge in [-0.15, -0.1) is 0 Å². The van der Waals surface area contributed by atoms with Gasteiger partial charge in [-0.25, -0.2) is 9.79 Å². The summed E-state index contributed by atoms with van der Waals surface area (Å²) in [5, 5.41) is 0.355. The lowest BCUT2D eigenvalue weighted by Crippen LogP contribution is -2.41. The number of nitrogens with zero attached hydrogens (tertiary/aromatic N) is 2. The molecule has 0 bridgehead atoms. The highest BCUT2D eigenvalue weighted by Gasteiger charge is 2.45. The molecule has 2 heterocycles. The summed E-state index contributed by atoms with van der Waals surface area (Å²) in [6.45, 7) is 3.26. The van der Waals surface area contributed by atoms with Gasteiger partial charge in [-0.1, -0.05) is 64.9 Å². The van der Waals surface area contributed by atoms with Crippen molar-refractivity contribution in [2.24, 2.45) is 4.99 Å². The number of fused-ring (bicyclic) bond motifs is 1. The third-order valence-electron chi connectivity index (χ3n) is 5.16. The minimum absolute atomic E-state index is 0.140. The third kappa shape index (κ3) is 4.58. The summed E-state index contributed by atoms with van der Waals surface area (Å²) in [7, 11) is 0. The maximum absolute atomic E-state index is 14.1. The molecule has 34 heavy (non-hydrogen) atoms. The molecule has 1 aliphatic heterocycles. The zero-order valence-corrected chi connectivity index (χ0v) is 19.6. The van der Waals surface area contributed by atoms with E-state index < -0.39 is 35.0 Å². The van der Waals surface area contributed by atoms with E-state index in [2.05, 4.69) is 4.99 Å². The van der Waals surface area contributed by atoms with Crippen LogP contribution >= 0.6 is 22.9 Å². The van der Waals surface area contributed by atoms with Gasteiger partial charge in [0, 0.05) is 5.02 Å². The molecule has 0 saturated heterocycles. The first kappa shape index (κ1) is 24.0. The van der Waals surface area contributed by atoms with Crippen LogP contribution in [0.5, 0.6) is 0 Å². The molecule has 5 nitrogen and oxygen atoms in total. The van der Waals surface area contributed by atoms with Crippen molar-refractivity contribution >= 4 is 35.0 Å². The summed E-state index contributed by atoms with van der Waals surface area (Å²) in [4.78, 5) is 29.7. The second-order valence-electron chi connectivity index (χ2n) is 7.53. The van der Waals surface area contributed by atoms with Crippen molar-refractivity contribution in [3.05, 3.63) is 101 Å². The lowest BCUT2D eigenvalue weighted by molar-refractivity contribution is -0.140. The Morgan fingerprint density at radius 3 is 2.41 bits per heavy atom. The fourth-order valence-electron chi connectivity index (χ4n) is 3.61. The number of esters is 1. The molecule has 0 saturated carbocycles. The smallest absolute Gasteiger partial charge is 0.434 e. The second kappa shape index (κ2) is 9.23. The van der Waals surface area contributed by atoms with E-state index in [1.807, 2.05) is 19.1 Å². The first-order valence-corrected chi connectivity index (χ1v) is 11.4. The van der Waals surface area contributed by atoms with Gasteiger partial charge in [0.05, 0.1) is 22.8 Å². The van der Waals surface area contributed by atoms with Crippen LogP contribution in [0.3, 0.4) is 0 Å². The number of benzene rings is 2. The van der Waals surface area contributed by atoms with Gasteiger partial charge in [-0.05, 0) is 43.2 Å². The summed E-state index contributed by atoms with van der Waals surface area (Å²) < 4.78 is 48.4. The van der Waals surface area contributed by atoms with Gasteiger partial charge >= 0.3 is 12.1 Å². The summed E-state index contributed by atoms with van der Waals surface area (Å²) in [5.74, 6) is -1.19. The molecule has 0 spiro atoms. The summed E-state index contributed by atoms with van der Waals surface area (Å²) in [6, 6.07) is 11.9. The average molecular weight is 507 g/mol. The number of halogens is 4. The maximum Gasteiger partial charge on any atom is 0.434 e. The van der Waals surface area contributed by atoms with Crippen molar-refractivity contribution in [1.82, 2.24) is 4.57 Å². The predicted molar refractivity (Wildman–Crippen MR) is 123 cm³/mol. The van der Waals surface area contributed by atoms with Crippen molar-refractivity contribution in [2.75, 3.05) is 6.61 Å². The molecule has 1 atom stereocenters. The minimum Gasteiger partial charge on any atom is -0.463 e. The molecule has 3 aromatic rings. The van der Waals surface area contributed by atoms with Crippen LogP contribution in [-0.2, 0) is 9.53 Å². The fraction of sp³-hybridized carbons (Fsp3) is 0.208. The first-order chi connectivity index (χ1) is 16.1. The average Bonchev–Trinajstić information content (AvgIpc) is 3.09. The number of alkyl halides is 3. The van der Waals surface area contributed by atoms with E-state index in [0.29, 0.717) is 10.6 Å². The molecule has 2 aromatic carbocycles. The number of carbonyl (C=O) groups excluding carboxylic acids is 1. The molecule has 0 amide bonds. The molecule has 176 valence electrons. The topological polar surface area (TPSA) is 60.7 Å². The van der Waals surface area contributed by atoms with Gasteiger partial charge in [0.15, 0.2) is 10.5 Å². The van der Waals surface area contributed by atoms with Crippen molar-refractivity contribution in [3.63, 3.8) is 0 Å². The summed E-state index contributed by atoms with van der Waals surface area (Å²) >= 11 is 6.79. The van der Waals surface area contributed by atoms with Crippen LogP contribution in [0.15, 0.2) is 69.6 Å². The van der Waals surface area contributed by atoms with E-state index in [9.17, 15) is 22.8 Å². The number of allylic oxidation sites excluding steroid dienone is 1. The normalized spacial score (nSPS) is 16.3. The second-order valence-corrected chi connectivity index (χ2v) is 8.97. The van der Waals surface area contributed by atoms with Crippen molar-refractivity contribution < 1.29 is 22.7 Å². The maximum atomic E-state index is 14.1. The minimum atomic E-state index is -4.95. The molecule has 0 aliphatic carbocycles. The zero-order valence-electron chi connectivity index (χ0n) is 18.0. The van der Waals surface area contributed by atoms with Crippen LogP contribution in [0.1, 0.15) is 29.7 Å². The lowest BCUT2D eigenvalue weighted by atomic mass is 9.95. The monoisotopic (exact) mass is 506 g/mol. The van der Waals surface area contributed by atoms with E-state index in [1.54, 1.807) is 18.2 Å². The highest BCUT2D eigenvalue weighted by molar-refractivity contribution is 7.07. The van der Waals surface area contributed by atoms with E-state index in [0.717, 1.165) is 21.5 Å². The van der Waals surface area contributed by atoms with Crippen LogP contribution < -0.4 is 14.9 Å². The summed E-state index contributed by atoms with van der Waals surface area (Å²) in [6.07, 6.45) is -3.36. The number of aryl methyl sites for hydroxylation is 1. The van der Waals surface area contributed by atoms with Gasteiger partial charge in [0.25, 0.3) is 5.56 Å². The van der Waals surface area contributed by atoms with E-state index in [4.69, 9.17) is 16.3 Å². The largest absolute Gasteiger partial charge is 0.463 e. The van der Waals surface area contributed by atoms with Crippen LogP contribution in [0, 0.1) is 6.92 Å². The Morgan fingerprint density at radius 2 is 1.82 bits per heavy atom. The van der Waals surface area contributed by atoms with Crippen LogP contribution in [-0.4, -0.2) is 23.3 Å². The molecule has 0 radical (unpaired) electrons. The van der Waals surface area contributed by atoms with Crippen LogP contribution in [0.25, 0.3) is 6.08 Å². The van der Waals surface area contributed by atoms with Gasteiger partial charge in [0.1, 0.15) is 0 Å². The molecule has 0 fully saturated rings. The zero-order chi connectivity index (χ0) is 24.6. The number of hydrogen-bond acceptors (Lipinski definition) is 5. The number of rotatable bonds is 4. The molecular formula is C24H18ClF3N2O3S. The first-order valence-electron chi connectivity index (χ1n) is 10.2. The number of carbonyl (C=O) groups is 1. The van der Waals surface area contributed by atoms with Crippen molar-refractivity contribution in [2.45, 2.75) is 26.1 Å². The number of aromatic nitrogens is 1. The standard InChI is InChI=1S/C24H18ClF3N2O3S/c1-3-33-22(32)18-19(15-8-10-16(25)11-9-15)30-21(31)17(12-14-6-4-13(2)5-7-14)34-23(30)29-20(18)24(26,27)28/h4-12,19H,3H2,1-2H3/b17-12-/t19-/m1/s1. The fourth-order valence-corrected chi connectivity index (χ4v) is 4.74. The quantitative estimate of drug-likeness (QED) is 0.496. The highest BCUT2D eigenvalue weighted by Crippen LogP contribution is 2.38. The highest BCUT2D eigenvalue weighted by atomic mass is 35.5. The molecule has 1 aromatic heterocycles. The Kier molecular flexibility index (Phi) is 6.51. The molecule has 4 rings (SSSR count). The Labute approximate surface area is 201 Å². The third-order valence-corrected chi connectivity index (χ3v) is 6.39. The van der Waals surface area contributed by atoms with E-state index in [-0.39, 0.29) is 21.5 Å². The van der Waals surface area contributed by atoms with Crippen LogP contribution in [0.4, 0.5) is 13.2 Å². The van der Waals surface area contributed by atoms with Crippen molar-refractivity contribution in [1.29, 1.82) is 0 Å². The van der Waals surface area contributed by atoms with Gasteiger partial charge in [-0.2, -0.15) is 13.2 Å². The van der Waals surface area contributed by atoms with Crippen molar-refractivity contribution in [3.8, 4) is 0 Å². The molecule has 1 aliphatic rings. The van der Waals surface area contributed by atoms with Crippen LogP contribution in [0.2, 0.25) is 5.02 Å². The Hall–Kier alpha value is -3.17. The lowest BCUT2D eigenvalue weighted by Gasteiger charge is -2.26. The van der Waals surface area contributed by atoms with Gasteiger partial charge < -0.3 is 4.74 Å². The van der Waals surface area contributed by atoms with Gasteiger partial charge in [0.2, 0.25) is 0 Å². The predicted octanol–water partition coefficient (Wildman–Crippen LogP) is 4.30. The molecule has 0 N–H and O–H groups in total. The molecular weight excluding hydrogens is 489 g/mol. The van der Waals surface area contributed by atoms with Gasteiger partial charge in [-0.3, -0.25) is 9.36 Å². The molecule has 10 heteroatoms. The molecule has 0 unspecified atom stereocenters. The number of ether oxygens (including phenoxy) is 1. The summed E-state index contributed by atoms with van der Waals surface area (Å²) in [5.41, 5.74) is -0.686.